The van der Waals surface area contributed by atoms with Gasteiger partial charge in [0.25, 0.3) is 5.91 Å². The summed E-state index contributed by atoms with van der Waals surface area (Å²) in [6, 6.07) is 8.95. The number of rotatable bonds is 4. The molecule has 0 aromatic heterocycles. The highest BCUT2D eigenvalue weighted by Crippen LogP contribution is 2.20. The minimum Gasteiger partial charge on any atom is -0.348 e. The van der Waals surface area contributed by atoms with E-state index in [1.807, 2.05) is 0 Å². The van der Waals surface area contributed by atoms with Crippen LogP contribution < -0.4 is 10.2 Å². The maximum absolute atomic E-state index is 13.2. The summed E-state index contributed by atoms with van der Waals surface area (Å²) < 4.78 is 0. The number of carbonyl (C=O) groups is 1. The summed E-state index contributed by atoms with van der Waals surface area (Å²) in [6.07, 6.45) is 8.67. The van der Waals surface area contributed by atoms with E-state index >= 15 is 0 Å². The van der Waals surface area contributed by atoms with Gasteiger partial charge in [0, 0.05) is 17.5 Å². The summed E-state index contributed by atoms with van der Waals surface area (Å²) in [6.45, 7) is 6.65. The first-order valence-electron chi connectivity index (χ1n) is 9.85. The number of amides is 1. The zero-order valence-electron chi connectivity index (χ0n) is 15.3. The molecular weight excluding hydrogens is 296 g/mol. The van der Waals surface area contributed by atoms with Gasteiger partial charge in [-0.25, -0.2) is 0 Å². The number of quaternary nitrogens is 1. The Bertz CT molecular complexity index is 533. The Balaban J connectivity index is 1.77. The van der Waals surface area contributed by atoms with Crippen molar-refractivity contribution in [1.82, 2.24) is 5.32 Å². The minimum atomic E-state index is -0.0460. The molecular formula is C21H33N2O+. The first kappa shape index (κ1) is 17.5. The van der Waals surface area contributed by atoms with Crippen LogP contribution in [0.2, 0.25) is 0 Å². The number of hydrogen-bond donors (Lipinski definition) is 2. The predicted molar refractivity (Wildman–Crippen MR) is 98.0 cm³/mol. The van der Waals surface area contributed by atoms with Crippen LogP contribution in [0.4, 0.5) is 0 Å². The number of piperidine rings is 1. The third kappa shape index (κ3) is 4.38. The zero-order chi connectivity index (χ0) is 16.9. The number of nitrogens with one attached hydrogen (secondary N) is 2. The maximum atomic E-state index is 13.2. The van der Waals surface area contributed by atoms with Crippen molar-refractivity contribution >= 4 is 5.91 Å². The zero-order valence-corrected chi connectivity index (χ0v) is 15.3. The predicted octanol–water partition coefficient (Wildman–Crippen LogP) is 2.80. The summed E-state index contributed by atoms with van der Waals surface area (Å²) in [5.74, 6) is 0.957. The fourth-order valence-corrected chi connectivity index (χ4v) is 4.45. The largest absolute Gasteiger partial charge is 0.348 e. The van der Waals surface area contributed by atoms with Crippen molar-refractivity contribution in [2.45, 2.75) is 70.9 Å². The van der Waals surface area contributed by atoms with E-state index in [9.17, 15) is 4.79 Å². The molecule has 1 saturated heterocycles. The lowest BCUT2D eigenvalue weighted by molar-refractivity contribution is -0.930. The Morgan fingerprint density at radius 2 is 1.79 bits per heavy atom. The Hall–Kier alpha value is -1.35. The highest BCUT2D eigenvalue weighted by molar-refractivity contribution is 5.82. The molecule has 0 bridgehead atoms. The number of carbonyl (C=O) groups excluding carboxylic acids is 1. The van der Waals surface area contributed by atoms with Crippen LogP contribution in [-0.2, 0) is 4.79 Å². The van der Waals surface area contributed by atoms with Gasteiger partial charge in [0.05, 0.1) is 13.1 Å². The summed E-state index contributed by atoms with van der Waals surface area (Å²) in [5.41, 5.74) is 2.44. The molecule has 2 fully saturated rings. The molecule has 3 atom stereocenters. The van der Waals surface area contributed by atoms with Gasteiger partial charge in [-0.1, -0.05) is 56.0 Å². The van der Waals surface area contributed by atoms with Crippen LogP contribution in [-0.4, -0.2) is 25.0 Å². The van der Waals surface area contributed by atoms with Crippen LogP contribution in [0.3, 0.4) is 0 Å². The summed E-state index contributed by atoms with van der Waals surface area (Å²) in [7, 11) is 0. The van der Waals surface area contributed by atoms with Gasteiger partial charge >= 0.3 is 0 Å². The molecule has 0 radical (unpaired) electrons. The molecule has 132 valence electrons. The molecule has 1 aromatic carbocycles. The van der Waals surface area contributed by atoms with Gasteiger partial charge < -0.3 is 10.2 Å². The van der Waals surface area contributed by atoms with Gasteiger partial charge in [0.1, 0.15) is 0 Å². The van der Waals surface area contributed by atoms with E-state index in [1.54, 1.807) is 0 Å². The number of aryl methyl sites for hydroxylation is 1. The van der Waals surface area contributed by atoms with Crippen molar-refractivity contribution in [3.63, 3.8) is 0 Å². The van der Waals surface area contributed by atoms with Gasteiger partial charge in [-0.05, 0) is 32.6 Å². The fraction of sp³-hybridized carbons (Fsp3) is 0.667. The topological polar surface area (TPSA) is 33.5 Å². The summed E-state index contributed by atoms with van der Waals surface area (Å²) in [5, 5.41) is 3.38. The van der Waals surface area contributed by atoms with Crippen LogP contribution in [0.1, 0.15) is 69.0 Å². The smallest absolute Gasteiger partial charge is 0.283 e. The van der Waals surface area contributed by atoms with Crippen molar-refractivity contribution in [1.29, 1.82) is 0 Å². The molecule has 1 aliphatic heterocycles. The van der Waals surface area contributed by atoms with Crippen LogP contribution in [0.15, 0.2) is 24.3 Å². The SMILES string of the molecule is Cc1ccc(C(C(=O)NC2CCCCC2)[NH+]2CCCC(C)C2)cc1. The van der Waals surface area contributed by atoms with E-state index in [1.165, 1.54) is 48.1 Å². The number of hydrogen-bond acceptors (Lipinski definition) is 1. The molecule has 3 heteroatoms. The van der Waals surface area contributed by atoms with E-state index < -0.39 is 0 Å². The van der Waals surface area contributed by atoms with Crippen molar-refractivity contribution in [3.05, 3.63) is 35.4 Å². The van der Waals surface area contributed by atoms with E-state index in [0.29, 0.717) is 12.0 Å². The van der Waals surface area contributed by atoms with Gasteiger partial charge in [-0.2, -0.15) is 0 Å². The van der Waals surface area contributed by atoms with Crippen LogP contribution in [0.25, 0.3) is 0 Å². The molecule has 1 heterocycles. The van der Waals surface area contributed by atoms with E-state index in [0.717, 1.165) is 25.9 Å². The molecule has 1 amide bonds. The molecule has 3 rings (SSSR count). The third-order valence-electron chi connectivity index (χ3n) is 5.84. The highest BCUT2D eigenvalue weighted by Gasteiger charge is 2.35. The first-order valence-corrected chi connectivity index (χ1v) is 9.85. The van der Waals surface area contributed by atoms with Gasteiger partial charge in [0.2, 0.25) is 0 Å². The lowest BCUT2D eigenvalue weighted by atomic mass is 9.93. The summed E-state index contributed by atoms with van der Waals surface area (Å²) >= 11 is 0. The fourth-order valence-electron chi connectivity index (χ4n) is 4.45. The van der Waals surface area contributed by atoms with Crippen molar-refractivity contribution in [2.75, 3.05) is 13.1 Å². The van der Waals surface area contributed by atoms with Crippen molar-refractivity contribution in [3.8, 4) is 0 Å². The van der Waals surface area contributed by atoms with Crippen LogP contribution >= 0.6 is 0 Å². The Morgan fingerprint density at radius 3 is 2.46 bits per heavy atom. The normalized spacial score (nSPS) is 26.8. The molecule has 3 unspecified atom stereocenters. The van der Waals surface area contributed by atoms with Crippen LogP contribution in [0, 0.1) is 12.8 Å². The Kier molecular flexibility index (Phi) is 5.94. The van der Waals surface area contributed by atoms with Crippen molar-refractivity contribution < 1.29 is 9.69 Å². The monoisotopic (exact) mass is 329 g/mol. The molecule has 3 nitrogen and oxygen atoms in total. The molecule has 1 aliphatic carbocycles. The Morgan fingerprint density at radius 1 is 1.08 bits per heavy atom. The lowest BCUT2D eigenvalue weighted by Crippen LogP contribution is -3.15. The van der Waals surface area contributed by atoms with E-state index in [4.69, 9.17) is 0 Å². The second-order valence-corrected chi connectivity index (χ2v) is 8.05. The average molecular weight is 330 g/mol. The Labute approximate surface area is 146 Å². The maximum Gasteiger partial charge on any atom is 0.283 e. The summed E-state index contributed by atoms with van der Waals surface area (Å²) in [4.78, 5) is 14.6. The quantitative estimate of drug-likeness (QED) is 0.875. The molecule has 1 aromatic rings. The standard InChI is InChI=1S/C21H32N2O/c1-16-10-12-18(13-11-16)20(23-14-6-7-17(2)15-23)21(24)22-19-8-4-3-5-9-19/h10-13,17,19-20H,3-9,14-15H2,1-2H3,(H,22,24)/p+1. The minimum absolute atomic E-state index is 0.0460. The molecule has 24 heavy (non-hydrogen) atoms. The number of likely N-dealkylation sites (tertiary alicyclic amines) is 1. The molecule has 0 spiro atoms. The second kappa shape index (κ2) is 8.15. The molecule has 2 N–H and O–H groups in total. The van der Waals surface area contributed by atoms with Gasteiger partial charge in [-0.15, -0.1) is 0 Å². The number of benzene rings is 1. The molecule has 1 saturated carbocycles. The highest BCUT2D eigenvalue weighted by atomic mass is 16.2. The van der Waals surface area contributed by atoms with Crippen molar-refractivity contribution in [2.24, 2.45) is 5.92 Å². The average Bonchev–Trinajstić information content (AvgIpc) is 2.58. The first-order chi connectivity index (χ1) is 11.6. The van der Waals surface area contributed by atoms with Gasteiger partial charge in [0.15, 0.2) is 6.04 Å². The third-order valence-corrected chi connectivity index (χ3v) is 5.84. The molecule has 2 aliphatic rings. The van der Waals surface area contributed by atoms with Gasteiger partial charge in [-0.3, -0.25) is 4.79 Å². The van der Waals surface area contributed by atoms with Crippen LogP contribution in [0.5, 0.6) is 0 Å². The van der Waals surface area contributed by atoms with E-state index in [-0.39, 0.29) is 11.9 Å². The van der Waals surface area contributed by atoms with E-state index in [2.05, 4.69) is 43.4 Å². The second-order valence-electron chi connectivity index (χ2n) is 8.05. The lowest BCUT2D eigenvalue weighted by Gasteiger charge is -2.35.